The third kappa shape index (κ3) is 4.32. The molecular formula is C20H20F3N3O2. The fourth-order valence-corrected chi connectivity index (χ4v) is 3.32. The van der Waals surface area contributed by atoms with E-state index in [0.29, 0.717) is 13.0 Å². The smallest absolute Gasteiger partial charge is 0.345 e. The Morgan fingerprint density at radius 3 is 2.57 bits per heavy atom. The number of hydrogen-bond donors (Lipinski definition) is 0. The summed E-state index contributed by atoms with van der Waals surface area (Å²) in [6, 6.07) is 8.65. The lowest BCUT2D eigenvalue weighted by Crippen LogP contribution is -2.36. The van der Waals surface area contributed by atoms with Gasteiger partial charge >= 0.3 is 6.18 Å². The van der Waals surface area contributed by atoms with Gasteiger partial charge in [0.2, 0.25) is 11.8 Å². The number of pyridine rings is 1. The molecule has 0 radical (unpaired) electrons. The largest absolute Gasteiger partial charge is 0.418 e. The Bertz CT molecular complexity index is 855. The van der Waals surface area contributed by atoms with E-state index in [2.05, 4.69) is 4.98 Å². The predicted molar refractivity (Wildman–Crippen MR) is 97.5 cm³/mol. The zero-order chi connectivity index (χ0) is 20.3. The monoisotopic (exact) mass is 391 g/mol. The molecule has 1 unspecified atom stereocenters. The van der Waals surface area contributed by atoms with Crippen molar-refractivity contribution in [3.8, 4) is 0 Å². The van der Waals surface area contributed by atoms with Crippen molar-refractivity contribution in [2.75, 3.05) is 25.0 Å². The quantitative estimate of drug-likeness (QED) is 0.787. The summed E-state index contributed by atoms with van der Waals surface area (Å²) in [6.45, 7) is 0.400. The first-order valence-electron chi connectivity index (χ1n) is 8.88. The van der Waals surface area contributed by atoms with Gasteiger partial charge in [0.15, 0.2) is 0 Å². The molecule has 1 fully saturated rings. The highest BCUT2D eigenvalue weighted by molar-refractivity contribution is 6.00. The number of hydrogen-bond acceptors (Lipinski definition) is 3. The molecule has 2 aromatic rings. The van der Waals surface area contributed by atoms with E-state index in [9.17, 15) is 22.8 Å². The first kappa shape index (κ1) is 19.9. The van der Waals surface area contributed by atoms with E-state index in [1.807, 2.05) is 12.1 Å². The predicted octanol–water partition coefficient (Wildman–Crippen LogP) is 3.15. The lowest BCUT2D eigenvalue weighted by atomic mass is 10.1. The van der Waals surface area contributed by atoms with Crippen molar-refractivity contribution >= 4 is 17.5 Å². The summed E-state index contributed by atoms with van der Waals surface area (Å²) in [5, 5.41) is 0. The number of amides is 2. The van der Waals surface area contributed by atoms with Gasteiger partial charge in [0, 0.05) is 39.0 Å². The molecule has 1 aliphatic heterocycles. The van der Waals surface area contributed by atoms with Gasteiger partial charge in [0.25, 0.3) is 0 Å². The van der Waals surface area contributed by atoms with Crippen LogP contribution >= 0.6 is 0 Å². The minimum Gasteiger partial charge on any atom is -0.345 e. The van der Waals surface area contributed by atoms with E-state index in [1.165, 1.54) is 23.1 Å². The summed E-state index contributed by atoms with van der Waals surface area (Å²) >= 11 is 0. The number of anilines is 1. The summed E-state index contributed by atoms with van der Waals surface area (Å²) in [5.41, 5.74) is -0.0462. The highest BCUT2D eigenvalue weighted by Crippen LogP contribution is 2.38. The Morgan fingerprint density at radius 2 is 1.89 bits per heavy atom. The van der Waals surface area contributed by atoms with Crippen LogP contribution in [0.15, 0.2) is 48.8 Å². The summed E-state index contributed by atoms with van der Waals surface area (Å²) in [5.74, 6) is -1.37. The molecule has 148 valence electrons. The molecule has 0 bridgehead atoms. The van der Waals surface area contributed by atoms with Crippen molar-refractivity contribution in [3.05, 3.63) is 59.9 Å². The maximum Gasteiger partial charge on any atom is 0.418 e. The first-order chi connectivity index (χ1) is 13.3. The molecule has 2 amide bonds. The molecule has 0 spiro atoms. The van der Waals surface area contributed by atoms with E-state index in [0.717, 1.165) is 16.5 Å². The summed E-state index contributed by atoms with van der Waals surface area (Å²) in [6.07, 6.45) is -0.692. The maximum atomic E-state index is 13.3. The van der Waals surface area contributed by atoms with Crippen molar-refractivity contribution in [3.63, 3.8) is 0 Å². The SMILES string of the molecule is CN(CCc1ccncc1)C(=O)C1CC(=O)N(c2ccccc2C(F)(F)F)C1. The Balaban J connectivity index is 1.68. The fraction of sp³-hybridized carbons (Fsp3) is 0.350. The molecule has 1 aromatic heterocycles. The molecule has 0 N–H and O–H groups in total. The van der Waals surface area contributed by atoms with Gasteiger partial charge in [-0.2, -0.15) is 13.2 Å². The lowest BCUT2D eigenvalue weighted by Gasteiger charge is -2.23. The molecule has 2 heterocycles. The molecule has 1 aromatic carbocycles. The molecule has 3 rings (SSSR count). The summed E-state index contributed by atoms with van der Waals surface area (Å²) < 4.78 is 39.8. The van der Waals surface area contributed by atoms with Crippen LogP contribution in [0.1, 0.15) is 17.5 Å². The summed E-state index contributed by atoms with van der Waals surface area (Å²) in [4.78, 5) is 31.6. The fourth-order valence-electron chi connectivity index (χ4n) is 3.32. The van der Waals surface area contributed by atoms with E-state index < -0.39 is 23.6 Å². The van der Waals surface area contributed by atoms with Crippen LogP contribution in [-0.4, -0.2) is 41.8 Å². The minimum absolute atomic E-state index is 0.0512. The van der Waals surface area contributed by atoms with Crippen molar-refractivity contribution in [1.29, 1.82) is 0 Å². The number of halogens is 3. The number of rotatable bonds is 5. The molecule has 0 aliphatic carbocycles. The molecule has 1 atom stereocenters. The van der Waals surface area contributed by atoms with Gasteiger partial charge in [-0.15, -0.1) is 0 Å². The van der Waals surface area contributed by atoms with Gasteiger partial charge in [-0.05, 0) is 36.2 Å². The number of carbonyl (C=O) groups is 2. The van der Waals surface area contributed by atoms with E-state index in [-0.39, 0.29) is 24.6 Å². The van der Waals surface area contributed by atoms with Gasteiger partial charge in [-0.3, -0.25) is 14.6 Å². The Morgan fingerprint density at radius 1 is 1.21 bits per heavy atom. The zero-order valence-electron chi connectivity index (χ0n) is 15.3. The highest BCUT2D eigenvalue weighted by atomic mass is 19.4. The van der Waals surface area contributed by atoms with Crippen LogP contribution in [0.25, 0.3) is 0 Å². The van der Waals surface area contributed by atoms with Crippen molar-refractivity contribution in [1.82, 2.24) is 9.88 Å². The molecule has 1 aliphatic rings. The first-order valence-corrected chi connectivity index (χ1v) is 8.88. The van der Waals surface area contributed by atoms with Crippen LogP contribution in [0.5, 0.6) is 0 Å². The standard InChI is InChI=1S/C20H20F3N3O2/c1-25(11-8-14-6-9-24-10-7-14)19(28)15-12-18(27)26(13-15)17-5-3-2-4-16(17)20(21,22)23/h2-7,9-10,15H,8,11-13H2,1H3. The number of carbonyl (C=O) groups excluding carboxylic acids is 2. The van der Waals surface area contributed by atoms with Crippen LogP contribution in [0.3, 0.4) is 0 Å². The number of alkyl halides is 3. The third-order valence-electron chi connectivity index (χ3n) is 4.84. The van der Waals surface area contributed by atoms with Gasteiger partial charge in [0.1, 0.15) is 0 Å². The third-order valence-corrected chi connectivity index (χ3v) is 4.84. The van der Waals surface area contributed by atoms with E-state index in [4.69, 9.17) is 0 Å². The second-order valence-electron chi connectivity index (χ2n) is 6.79. The Kier molecular flexibility index (Phi) is 5.67. The lowest BCUT2D eigenvalue weighted by molar-refractivity contribution is -0.137. The van der Waals surface area contributed by atoms with Crippen LogP contribution in [-0.2, 0) is 22.2 Å². The van der Waals surface area contributed by atoms with E-state index >= 15 is 0 Å². The van der Waals surface area contributed by atoms with Crippen LogP contribution in [0, 0.1) is 5.92 Å². The zero-order valence-corrected chi connectivity index (χ0v) is 15.3. The van der Waals surface area contributed by atoms with Gasteiger partial charge in [0.05, 0.1) is 17.2 Å². The minimum atomic E-state index is -4.57. The number of likely N-dealkylation sites (N-methyl/N-ethyl adjacent to an activating group) is 1. The molecule has 0 saturated carbocycles. The second-order valence-corrected chi connectivity index (χ2v) is 6.79. The number of nitrogens with zero attached hydrogens (tertiary/aromatic N) is 3. The van der Waals surface area contributed by atoms with Crippen molar-refractivity contribution in [2.24, 2.45) is 5.92 Å². The van der Waals surface area contributed by atoms with Crippen LogP contribution in [0.4, 0.5) is 18.9 Å². The van der Waals surface area contributed by atoms with Gasteiger partial charge in [-0.25, -0.2) is 0 Å². The average Bonchev–Trinajstić information content (AvgIpc) is 3.07. The van der Waals surface area contributed by atoms with Crippen molar-refractivity contribution in [2.45, 2.75) is 19.0 Å². The topological polar surface area (TPSA) is 53.5 Å². The molecule has 1 saturated heterocycles. The molecule has 8 heteroatoms. The Labute approximate surface area is 160 Å². The second kappa shape index (κ2) is 8.00. The normalized spacial score (nSPS) is 17.1. The number of aromatic nitrogens is 1. The molecule has 28 heavy (non-hydrogen) atoms. The van der Waals surface area contributed by atoms with Crippen molar-refractivity contribution < 1.29 is 22.8 Å². The number of benzene rings is 1. The van der Waals surface area contributed by atoms with Gasteiger partial charge in [-0.1, -0.05) is 12.1 Å². The summed E-state index contributed by atoms with van der Waals surface area (Å²) in [7, 11) is 1.64. The van der Waals surface area contributed by atoms with Crippen LogP contribution in [0.2, 0.25) is 0 Å². The van der Waals surface area contributed by atoms with Gasteiger partial charge < -0.3 is 9.80 Å². The average molecular weight is 391 g/mol. The van der Waals surface area contributed by atoms with Crippen LogP contribution < -0.4 is 4.90 Å². The molecular weight excluding hydrogens is 371 g/mol. The number of para-hydroxylation sites is 1. The van der Waals surface area contributed by atoms with E-state index in [1.54, 1.807) is 19.4 Å². The maximum absolute atomic E-state index is 13.3. The molecule has 5 nitrogen and oxygen atoms in total. The Hall–Kier alpha value is -2.90. The highest BCUT2D eigenvalue weighted by Gasteiger charge is 2.41.